The Balaban J connectivity index is 1.86. The molecule has 0 saturated heterocycles. The molecule has 1 aliphatic rings. The molecule has 35 heavy (non-hydrogen) atoms. The summed E-state index contributed by atoms with van der Waals surface area (Å²) in [7, 11) is -3.00. The van der Waals surface area contributed by atoms with Crippen molar-refractivity contribution in [2.45, 2.75) is 24.4 Å². The van der Waals surface area contributed by atoms with Crippen LogP contribution < -0.4 is 0 Å². The Bertz CT molecular complexity index is 1430. The predicted octanol–water partition coefficient (Wildman–Crippen LogP) is 4.76. The molecule has 3 aromatic rings. The van der Waals surface area contributed by atoms with E-state index in [1.807, 2.05) is 6.92 Å². The topological polar surface area (TPSA) is 101 Å². The summed E-state index contributed by atoms with van der Waals surface area (Å²) >= 11 is 6.31. The van der Waals surface area contributed by atoms with E-state index in [9.17, 15) is 23.1 Å². The van der Waals surface area contributed by atoms with Crippen LogP contribution in [0.5, 0.6) is 0 Å². The van der Waals surface area contributed by atoms with E-state index in [4.69, 9.17) is 16.3 Å². The van der Waals surface area contributed by atoms with Gasteiger partial charge in [-0.3, -0.25) is 4.79 Å². The average molecular weight is 512 g/mol. The third kappa shape index (κ3) is 4.54. The molecule has 0 aromatic heterocycles. The predicted molar refractivity (Wildman–Crippen MR) is 131 cm³/mol. The molecule has 0 aliphatic carbocycles. The van der Waals surface area contributed by atoms with Crippen molar-refractivity contribution in [3.63, 3.8) is 0 Å². The summed E-state index contributed by atoms with van der Waals surface area (Å²) in [6, 6.07) is 17.9. The normalized spacial score (nSPS) is 16.0. The molecule has 1 atom stereocenters. The van der Waals surface area contributed by atoms with Crippen molar-refractivity contribution in [2.75, 3.05) is 7.11 Å². The van der Waals surface area contributed by atoms with Crippen LogP contribution in [0.25, 0.3) is 0 Å². The van der Waals surface area contributed by atoms with E-state index in [1.165, 1.54) is 48.4 Å². The zero-order valence-electron chi connectivity index (χ0n) is 18.9. The van der Waals surface area contributed by atoms with E-state index in [2.05, 4.69) is 0 Å². The van der Waals surface area contributed by atoms with E-state index >= 15 is 0 Å². The average Bonchev–Trinajstić information content (AvgIpc) is 3.11. The van der Waals surface area contributed by atoms with Crippen LogP contribution in [0.1, 0.15) is 33.1 Å². The quantitative estimate of drug-likeness (QED) is 0.479. The second-order valence-corrected chi connectivity index (χ2v) is 10.4. The smallest absolute Gasteiger partial charge is 0.337 e. The van der Waals surface area contributed by atoms with Crippen LogP contribution in [-0.4, -0.2) is 37.4 Å². The van der Waals surface area contributed by atoms with Crippen molar-refractivity contribution in [3.8, 4) is 0 Å². The highest BCUT2D eigenvalue weighted by Gasteiger charge is 2.47. The molecular weight excluding hydrogens is 490 g/mol. The number of aliphatic hydroxyl groups is 1. The number of nitrogens with zero attached hydrogens (tertiary/aromatic N) is 1. The fraction of sp³-hybridized carbons (Fsp3) is 0.154. The summed E-state index contributed by atoms with van der Waals surface area (Å²) in [5.41, 5.74) is 2.10. The SMILES string of the molecule is COC(=O)c1ccc([C@H]2C(S(=O)(=O)c3ccc(C)cc3)=C(O)C(=O)N2Cc2ccccc2Cl)cc1. The first-order valence-electron chi connectivity index (χ1n) is 10.6. The molecule has 1 aliphatic heterocycles. The third-order valence-corrected chi connectivity index (χ3v) is 8.08. The van der Waals surface area contributed by atoms with Gasteiger partial charge in [0.2, 0.25) is 9.84 Å². The number of hydrogen-bond acceptors (Lipinski definition) is 6. The first-order chi connectivity index (χ1) is 16.6. The number of aliphatic hydroxyl groups excluding tert-OH is 1. The lowest BCUT2D eigenvalue weighted by Crippen LogP contribution is -2.31. The van der Waals surface area contributed by atoms with Gasteiger partial charge >= 0.3 is 5.97 Å². The van der Waals surface area contributed by atoms with Crippen LogP contribution in [0, 0.1) is 6.92 Å². The number of sulfone groups is 1. The molecule has 1 amide bonds. The van der Waals surface area contributed by atoms with Gasteiger partial charge in [-0.15, -0.1) is 0 Å². The van der Waals surface area contributed by atoms with E-state index in [0.717, 1.165) is 5.56 Å². The van der Waals surface area contributed by atoms with E-state index in [-0.39, 0.29) is 17.0 Å². The highest BCUT2D eigenvalue weighted by Crippen LogP contribution is 2.43. The Hall–Kier alpha value is -3.62. The minimum absolute atomic E-state index is 0.0428. The monoisotopic (exact) mass is 511 g/mol. The first kappa shape index (κ1) is 24.5. The van der Waals surface area contributed by atoms with Crippen LogP contribution in [0.15, 0.2) is 88.4 Å². The molecule has 0 unspecified atom stereocenters. The number of esters is 1. The lowest BCUT2D eigenvalue weighted by atomic mass is 10.0. The summed E-state index contributed by atoms with van der Waals surface area (Å²) in [5, 5.41) is 11.2. The molecule has 0 radical (unpaired) electrons. The van der Waals surface area contributed by atoms with Gasteiger partial charge in [0.05, 0.1) is 23.6 Å². The second-order valence-electron chi connectivity index (χ2n) is 8.07. The molecule has 7 nitrogen and oxygen atoms in total. The van der Waals surface area contributed by atoms with Gasteiger partial charge in [0.25, 0.3) is 5.91 Å². The van der Waals surface area contributed by atoms with Gasteiger partial charge in [0.1, 0.15) is 4.91 Å². The fourth-order valence-electron chi connectivity index (χ4n) is 3.97. The maximum absolute atomic E-state index is 13.7. The van der Waals surface area contributed by atoms with Gasteiger partial charge < -0.3 is 14.7 Å². The van der Waals surface area contributed by atoms with E-state index in [0.29, 0.717) is 16.1 Å². The maximum Gasteiger partial charge on any atom is 0.337 e. The van der Waals surface area contributed by atoms with Crippen LogP contribution >= 0.6 is 11.6 Å². The fourth-order valence-corrected chi connectivity index (χ4v) is 5.82. The zero-order chi connectivity index (χ0) is 25.3. The van der Waals surface area contributed by atoms with Crippen molar-refractivity contribution >= 4 is 33.3 Å². The Morgan fingerprint density at radius 1 is 1.03 bits per heavy atom. The number of benzene rings is 3. The summed E-state index contributed by atoms with van der Waals surface area (Å²) in [4.78, 5) is 25.9. The molecule has 4 rings (SSSR count). The van der Waals surface area contributed by atoms with Gasteiger partial charge in [-0.1, -0.05) is 59.6 Å². The molecule has 0 spiro atoms. The number of methoxy groups -OCH3 is 1. The minimum atomic E-state index is -4.26. The Labute approximate surface area is 208 Å². The molecule has 1 N–H and O–H groups in total. The van der Waals surface area contributed by atoms with Crippen molar-refractivity contribution in [2.24, 2.45) is 0 Å². The number of halogens is 1. The number of carbonyl (C=O) groups is 2. The van der Waals surface area contributed by atoms with E-state index < -0.39 is 38.4 Å². The zero-order valence-corrected chi connectivity index (χ0v) is 20.5. The Kier molecular flexibility index (Phi) is 6.69. The number of rotatable bonds is 6. The highest BCUT2D eigenvalue weighted by atomic mass is 35.5. The minimum Gasteiger partial charge on any atom is -0.502 e. The van der Waals surface area contributed by atoms with Crippen LogP contribution in [0.2, 0.25) is 5.02 Å². The summed E-state index contributed by atoms with van der Waals surface area (Å²) in [6.45, 7) is 1.78. The molecule has 0 saturated carbocycles. The maximum atomic E-state index is 13.7. The van der Waals surface area contributed by atoms with Crippen LogP contribution in [-0.2, 0) is 25.9 Å². The third-order valence-electron chi connectivity index (χ3n) is 5.82. The van der Waals surface area contributed by atoms with Gasteiger partial charge in [0.15, 0.2) is 5.76 Å². The first-order valence-corrected chi connectivity index (χ1v) is 12.5. The van der Waals surface area contributed by atoms with E-state index in [1.54, 1.807) is 36.4 Å². The molecule has 0 bridgehead atoms. The van der Waals surface area contributed by atoms with Gasteiger partial charge in [0, 0.05) is 11.6 Å². The number of ether oxygens (including phenoxy) is 1. The Morgan fingerprint density at radius 3 is 2.26 bits per heavy atom. The van der Waals surface area contributed by atoms with Gasteiger partial charge in [-0.25, -0.2) is 13.2 Å². The number of hydrogen-bond donors (Lipinski definition) is 1. The van der Waals surface area contributed by atoms with Crippen molar-refractivity contribution < 1.29 is 27.9 Å². The van der Waals surface area contributed by atoms with Crippen LogP contribution in [0.3, 0.4) is 0 Å². The van der Waals surface area contributed by atoms with Gasteiger partial charge in [-0.2, -0.15) is 0 Å². The summed E-state index contributed by atoms with van der Waals surface area (Å²) in [5.74, 6) is -2.24. The molecule has 0 fully saturated rings. The lowest BCUT2D eigenvalue weighted by molar-refractivity contribution is -0.130. The molecule has 3 aromatic carbocycles. The van der Waals surface area contributed by atoms with Crippen molar-refractivity contribution in [1.82, 2.24) is 4.90 Å². The van der Waals surface area contributed by atoms with Gasteiger partial charge in [-0.05, 0) is 48.4 Å². The van der Waals surface area contributed by atoms with Crippen molar-refractivity contribution in [1.29, 1.82) is 0 Å². The summed E-state index contributed by atoms with van der Waals surface area (Å²) < 4.78 is 32.1. The number of carbonyl (C=O) groups excluding carboxylic acids is 2. The largest absolute Gasteiger partial charge is 0.502 e. The molecule has 1 heterocycles. The molecule has 180 valence electrons. The summed E-state index contributed by atoms with van der Waals surface area (Å²) in [6.07, 6.45) is 0. The Morgan fingerprint density at radius 2 is 1.66 bits per heavy atom. The molecule has 9 heteroatoms. The second kappa shape index (κ2) is 9.56. The van der Waals surface area contributed by atoms with Crippen LogP contribution in [0.4, 0.5) is 0 Å². The lowest BCUT2D eigenvalue weighted by Gasteiger charge is -2.27. The number of amides is 1. The number of aryl methyl sites for hydroxylation is 1. The highest BCUT2D eigenvalue weighted by molar-refractivity contribution is 7.95. The van der Waals surface area contributed by atoms with Crippen molar-refractivity contribution in [3.05, 3.63) is 111 Å². The standard InChI is InChI=1S/C26H22ClNO6S/c1-16-7-13-20(14-8-16)35(32,33)24-22(17-9-11-18(12-10-17)26(31)34-2)28(25(30)23(24)29)15-19-5-3-4-6-21(19)27/h3-14,22,29H,15H2,1-2H3/t22-/m0/s1. The molecular formula is C26H22ClNO6S.